The van der Waals surface area contributed by atoms with E-state index in [2.05, 4.69) is 31.4 Å². The van der Waals surface area contributed by atoms with E-state index in [1.54, 1.807) is 26.0 Å². The number of carbonyl (C=O) groups is 1. The molecular formula is C18H31N3O3S. The lowest BCUT2D eigenvalue weighted by molar-refractivity contribution is 0.0953. The second-order valence-electron chi connectivity index (χ2n) is 6.90. The standard InChI is InChI=1S/C18H31N3O3S/c1-6-21(7-2)25(23,24)16-11-8-10-15(14-16)17(22)19-12-9-13-20-18(3,4)5/h8,10-11,14,20H,6-7,9,12-13H2,1-5H3,(H,19,22). The summed E-state index contributed by atoms with van der Waals surface area (Å²) in [4.78, 5) is 12.4. The van der Waals surface area contributed by atoms with Crippen molar-refractivity contribution in [3.8, 4) is 0 Å². The smallest absolute Gasteiger partial charge is 0.251 e. The fraction of sp³-hybridized carbons (Fsp3) is 0.611. The van der Waals surface area contributed by atoms with Crippen LogP contribution in [0.1, 0.15) is 51.4 Å². The Labute approximate surface area is 152 Å². The predicted molar refractivity (Wildman–Crippen MR) is 101 cm³/mol. The molecule has 0 unspecified atom stereocenters. The lowest BCUT2D eigenvalue weighted by Crippen LogP contribution is -2.37. The molecule has 0 saturated heterocycles. The van der Waals surface area contributed by atoms with Crippen LogP contribution in [0.3, 0.4) is 0 Å². The van der Waals surface area contributed by atoms with Crippen LogP contribution in [0.4, 0.5) is 0 Å². The van der Waals surface area contributed by atoms with Crippen LogP contribution in [0.2, 0.25) is 0 Å². The summed E-state index contributed by atoms with van der Waals surface area (Å²) in [5.74, 6) is -0.257. The SMILES string of the molecule is CCN(CC)S(=O)(=O)c1cccc(C(=O)NCCCNC(C)(C)C)c1. The molecular weight excluding hydrogens is 338 g/mol. The fourth-order valence-electron chi connectivity index (χ4n) is 2.37. The van der Waals surface area contributed by atoms with Crippen LogP contribution >= 0.6 is 0 Å². The number of hydrogen-bond acceptors (Lipinski definition) is 4. The van der Waals surface area contributed by atoms with Gasteiger partial charge >= 0.3 is 0 Å². The largest absolute Gasteiger partial charge is 0.352 e. The third-order valence-corrected chi connectivity index (χ3v) is 5.78. The molecule has 0 aliphatic heterocycles. The lowest BCUT2D eigenvalue weighted by Gasteiger charge is -2.20. The molecule has 0 fully saturated rings. The van der Waals surface area contributed by atoms with E-state index >= 15 is 0 Å². The maximum atomic E-state index is 12.5. The summed E-state index contributed by atoms with van der Waals surface area (Å²) in [6.45, 7) is 12.0. The van der Waals surface area contributed by atoms with E-state index < -0.39 is 10.0 Å². The number of amides is 1. The van der Waals surface area contributed by atoms with Gasteiger partial charge in [0.25, 0.3) is 5.91 Å². The minimum Gasteiger partial charge on any atom is -0.352 e. The Hall–Kier alpha value is -1.44. The van der Waals surface area contributed by atoms with Crippen molar-refractivity contribution < 1.29 is 13.2 Å². The average molecular weight is 370 g/mol. The molecule has 1 rings (SSSR count). The van der Waals surface area contributed by atoms with E-state index in [1.165, 1.54) is 16.4 Å². The molecule has 7 heteroatoms. The molecule has 0 heterocycles. The molecule has 1 amide bonds. The van der Waals surface area contributed by atoms with Crippen molar-refractivity contribution in [2.24, 2.45) is 0 Å². The zero-order valence-corrected chi connectivity index (χ0v) is 16.7. The molecule has 0 aromatic heterocycles. The monoisotopic (exact) mass is 369 g/mol. The molecule has 1 aromatic rings. The highest BCUT2D eigenvalue weighted by atomic mass is 32.2. The third-order valence-electron chi connectivity index (χ3n) is 3.73. The second-order valence-corrected chi connectivity index (χ2v) is 8.84. The Morgan fingerprint density at radius 2 is 1.76 bits per heavy atom. The first-order chi connectivity index (χ1) is 11.6. The Bertz CT molecular complexity index is 662. The predicted octanol–water partition coefficient (Wildman–Crippen LogP) is 2.23. The van der Waals surface area contributed by atoms with E-state index in [-0.39, 0.29) is 16.3 Å². The molecule has 1 aromatic carbocycles. The maximum Gasteiger partial charge on any atom is 0.251 e. The van der Waals surface area contributed by atoms with E-state index in [1.807, 2.05) is 0 Å². The molecule has 0 spiro atoms. The molecule has 2 N–H and O–H groups in total. The van der Waals surface area contributed by atoms with Gasteiger partial charge in [0, 0.05) is 30.7 Å². The molecule has 0 radical (unpaired) electrons. The van der Waals surface area contributed by atoms with Crippen LogP contribution in [0.25, 0.3) is 0 Å². The van der Waals surface area contributed by atoms with Crippen molar-refractivity contribution in [1.29, 1.82) is 0 Å². The zero-order chi connectivity index (χ0) is 19.1. The van der Waals surface area contributed by atoms with E-state index in [0.717, 1.165) is 13.0 Å². The zero-order valence-electron chi connectivity index (χ0n) is 15.9. The van der Waals surface area contributed by atoms with Crippen molar-refractivity contribution >= 4 is 15.9 Å². The van der Waals surface area contributed by atoms with Gasteiger partial charge in [-0.1, -0.05) is 19.9 Å². The summed E-state index contributed by atoms with van der Waals surface area (Å²) in [5, 5.41) is 6.19. The quantitative estimate of drug-likeness (QED) is 0.654. The molecule has 0 saturated carbocycles. The van der Waals surface area contributed by atoms with Crippen LogP contribution in [0, 0.1) is 0 Å². The summed E-state index contributed by atoms with van der Waals surface area (Å²) in [7, 11) is -3.56. The number of rotatable bonds is 9. The van der Waals surface area contributed by atoms with E-state index in [0.29, 0.717) is 25.2 Å². The van der Waals surface area contributed by atoms with Crippen molar-refractivity contribution in [2.75, 3.05) is 26.2 Å². The third kappa shape index (κ3) is 6.76. The maximum absolute atomic E-state index is 12.5. The van der Waals surface area contributed by atoms with Gasteiger partial charge in [0.15, 0.2) is 0 Å². The van der Waals surface area contributed by atoms with Crippen LogP contribution in [0.5, 0.6) is 0 Å². The average Bonchev–Trinajstić information content (AvgIpc) is 2.54. The highest BCUT2D eigenvalue weighted by Gasteiger charge is 2.22. The molecule has 0 atom stereocenters. The Morgan fingerprint density at radius 1 is 1.12 bits per heavy atom. The fourth-order valence-corrected chi connectivity index (χ4v) is 3.87. The van der Waals surface area contributed by atoms with Gasteiger partial charge in [-0.25, -0.2) is 8.42 Å². The van der Waals surface area contributed by atoms with Crippen molar-refractivity contribution in [2.45, 2.75) is 51.5 Å². The van der Waals surface area contributed by atoms with E-state index in [9.17, 15) is 13.2 Å². The van der Waals surface area contributed by atoms with Gasteiger partial charge in [0.05, 0.1) is 4.90 Å². The first-order valence-corrected chi connectivity index (χ1v) is 10.2. The second kappa shape index (κ2) is 9.31. The minimum atomic E-state index is -3.56. The highest BCUT2D eigenvalue weighted by Crippen LogP contribution is 2.17. The molecule has 142 valence electrons. The minimum absolute atomic E-state index is 0.0527. The first-order valence-electron chi connectivity index (χ1n) is 8.75. The summed E-state index contributed by atoms with van der Waals surface area (Å²) >= 11 is 0. The van der Waals surface area contributed by atoms with Gasteiger partial charge < -0.3 is 10.6 Å². The van der Waals surface area contributed by atoms with Crippen molar-refractivity contribution in [3.05, 3.63) is 29.8 Å². The van der Waals surface area contributed by atoms with Crippen LogP contribution in [-0.2, 0) is 10.0 Å². The van der Waals surface area contributed by atoms with Gasteiger partial charge in [-0.05, 0) is 51.9 Å². The Balaban J connectivity index is 2.70. The normalized spacial score (nSPS) is 12.4. The number of benzene rings is 1. The summed E-state index contributed by atoms with van der Waals surface area (Å²) in [6.07, 6.45) is 0.806. The number of sulfonamides is 1. The molecule has 25 heavy (non-hydrogen) atoms. The summed E-state index contributed by atoms with van der Waals surface area (Å²) in [5.41, 5.74) is 0.411. The number of carbonyl (C=O) groups excluding carboxylic acids is 1. The number of nitrogens with one attached hydrogen (secondary N) is 2. The Kier molecular flexibility index (Phi) is 8.05. The number of nitrogens with zero attached hydrogens (tertiary/aromatic N) is 1. The Morgan fingerprint density at radius 3 is 2.32 bits per heavy atom. The number of hydrogen-bond donors (Lipinski definition) is 2. The van der Waals surface area contributed by atoms with Gasteiger partial charge in [0.1, 0.15) is 0 Å². The molecule has 0 aliphatic carbocycles. The van der Waals surface area contributed by atoms with Gasteiger partial charge in [-0.2, -0.15) is 4.31 Å². The van der Waals surface area contributed by atoms with E-state index in [4.69, 9.17) is 0 Å². The van der Waals surface area contributed by atoms with Crippen LogP contribution < -0.4 is 10.6 Å². The summed E-state index contributed by atoms with van der Waals surface area (Å²) < 4.78 is 26.5. The van der Waals surface area contributed by atoms with Gasteiger partial charge in [0.2, 0.25) is 10.0 Å². The topological polar surface area (TPSA) is 78.5 Å². The summed E-state index contributed by atoms with van der Waals surface area (Å²) in [6, 6.07) is 6.20. The molecule has 0 aliphatic rings. The van der Waals surface area contributed by atoms with Crippen LogP contribution in [0.15, 0.2) is 29.2 Å². The highest BCUT2D eigenvalue weighted by molar-refractivity contribution is 7.89. The lowest BCUT2D eigenvalue weighted by atomic mass is 10.1. The van der Waals surface area contributed by atoms with Gasteiger partial charge in [-0.15, -0.1) is 0 Å². The molecule has 0 bridgehead atoms. The van der Waals surface area contributed by atoms with Gasteiger partial charge in [-0.3, -0.25) is 4.79 Å². The van der Waals surface area contributed by atoms with Crippen molar-refractivity contribution in [1.82, 2.24) is 14.9 Å². The molecule has 6 nitrogen and oxygen atoms in total. The first kappa shape index (κ1) is 21.6. The van der Waals surface area contributed by atoms with Crippen molar-refractivity contribution in [3.63, 3.8) is 0 Å². The van der Waals surface area contributed by atoms with Crippen LogP contribution in [-0.4, -0.2) is 50.3 Å².